The average Bonchev–Trinajstić information content (AvgIpc) is 2.82. The third kappa shape index (κ3) is 4.23. The smallest absolute Gasteiger partial charge is 0.0964 e. The molecular weight excluding hydrogens is 350 g/mol. The number of hydrogen-bond acceptors (Lipinski definition) is 1. The van der Waals surface area contributed by atoms with Crippen LogP contribution < -0.4 is 4.90 Å². The summed E-state index contributed by atoms with van der Waals surface area (Å²) in [4.78, 5) is 2.66. The molecule has 1 nitrogen and oxygen atoms in total. The third-order valence-corrected chi connectivity index (χ3v) is 6.25. The van der Waals surface area contributed by atoms with Crippen molar-refractivity contribution in [2.45, 2.75) is 85.2 Å². The van der Waals surface area contributed by atoms with Gasteiger partial charge in [0.25, 0.3) is 0 Å². The number of nitrogens with zero attached hydrogens (tertiary/aromatic N) is 1. The van der Waals surface area contributed by atoms with E-state index >= 15 is 0 Å². The van der Waals surface area contributed by atoms with Crippen molar-refractivity contribution >= 4 is 5.69 Å². The van der Waals surface area contributed by atoms with Crippen LogP contribution in [0.4, 0.5) is 5.69 Å². The molecule has 154 valence electrons. The second kappa shape index (κ2) is 7.91. The minimum absolute atomic E-state index is 0.0498. The molecule has 0 aromatic heterocycles. The van der Waals surface area contributed by atoms with Crippen LogP contribution in [0, 0.1) is 17.3 Å². The van der Waals surface area contributed by atoms with E-state index in [1.54, 1.807) is 0 Å². The quantitative estimate of drug-likeness (QED) is 0.497. The van der Waals surface area contributed by atoms with Crippen molar-refractivity contribution in [2.24, 2.45) is 5.41 Å². The third-order valence-electron chi connectivity index (χ3n) is 6.25. The van der Waals surface area contributed by atoms with Crippen LogP contribution >= 0.6 is 0 Å². The Labute approximate surface area is 178 Å². The van der Waals surface area contributed by atoms with Crippen LogP contribution in [0.2, 0.25) is 0 Å². The number of hydrogen-bond donors (Lipinski definition) is 0. The fourth-order valence-electron chi connectivity index (χ4n) is 5.15. The van der Waals surface area contributed by atoms with Crippen LogP contribution in [0.15, 0.2) is 48.5 Å². The van der Waals surface area contributed by atoms with Gasteiger partial charge in [0.15, 0.2) is 0 Å². The molecule has 0 amide bonds. The van der Waals surface area contributed by atoms with Crippen LogP contribution in [-0.2, 0) is 0 Å². The zero-order chi connectivity index (χ0) is 21.4. The number of para-hydroxylation sites is 1. The molecule has 1 heterocycles. The van der Waals surface area contributed by atoms with Crippen LogP contribution in [0.3, 0.4) is 0 Å². The number of rotatable bonds is 3. The monoisotopic (exact) mass is 387 g/mol. The maximum Gasteiger partial charge on any atom is 0.0964 e. The van der Waals surface area contributed by atoms with Gasteiger partial charge >= 0.3 is 0 Å². The van der Waals surface area contributed by atoms with E-state index in [0.717, 1.165) is 12.0 Å². The van der Waals surface area contributed by atoms with Crippen molar-refractivity contribution in [2.75, 3.05) is 4.90 Å². The van der Waals surface area contributed by atoms with E-state index in [9.17, 15) is 0 Å². The summed E-state index contributed by atoms with van der Waals surface area (Å²) in [5.74, 6) is 8.14. The van der Waals surface area contributed by atoms with E-state index in [2.05, 4.69) is 115 Å². The van der Waals surface area contributed by atoms with Crippen molar-refractivity contribution < 1.29 is 0 Å². The second-order valence-electron chi connectivity index (χ2n) is 10.5. The summed E-state index contributed by atoms with van der Waals surface area (Å²) in [7, 11) is 0. The summed E-state index contributed by atoms with van der Waals surface area (Å²) in [6, 6.07) is 17.4. The molecule has 0 saturated carbocycles. The Morgan fingerprint density at radius 1 is 0.828 bits per heavy atom. The second-order valence-corrected chi connectivity index (χ2v) is 10.5. The lowest BCUT2D eigenvalue weighted by Crippen LogP contribution is -2.45. The zero-order valence-electron chi connectivity index (χ0n) is 19.5. The Bertz CT molecular complexity index is 880. The van der Waals surface area contributed by atoms with Gasteiger partial charge in [-0.15, -0.1) is 0 Å². The van der Waals surface area contributed by atoms with E-state index in [0.29, 0.717) is 11.8 Å². The van der Waals surface area contributed by atoms with Crippen molar-refractivity contribution in [3.8, 4) is 11.8 Å². The molecule has 1 saturated heterocycles. The molecule has 0 aliphatic carbocycles. The standard InChI is InChI=1S/C28H37N/c1-20(2)23-15-12-16-24(21(3)4)26(23)29-25(27(5,6)19-28(29,7)8)18-17-22-13-10-9-11-14-22/h9-16,20-21,25H,19H2,1-8H3. The Kier molecular flexibility index (Phi) is 5.86. The molecule has 0 spiro atoms. The van der Waals surface area contributed by atoms with Gasteiger partial charge < -0.3 is 4.90 Å². The van der Waals surface area contributed by atoms with Gasteiger partial charge in [0.05, 0.1) is 6.04 Å². The maximum atomic E-state index is 3.70. The predicted octanol–water partition coefficient (Wildman–Crippen LogP) is 7.37. The molecule has 1 aliphatic heterocycles. The molecule has 1 heteroatoms. The lowest BCUT2D eigenvalue weighted by atomic mass is 9.81. The number of benzene rings is 2. The fraction of sp³-hybridized carbons (Fsp3) is 0.500. The maximum absolute atomic E-state index is 3.70. The highest BCUT2D eigenvalue weighted by atomic mass is 15.3. The molecule has 29 heavy (non-hydrogen) atoms. The molecule has 1 atom stereocenters. The predicted molar refractivity (Wildman–Crippen MR) is 127 cm³/mol. The summed E-state index contributed by atoms with van der Waals surface area (Å²) >= 11 is 0. The van der Waals surface area contributed by atoms with Crippen molar-refractivity contribution in [1.82, 2.24) is 0 Å². The van der Waals surface area contributed by atoms with Crippen LogP contribution in [0.25, 0.3) is 0 Å². The molecule has 0 radical (unpaired) electrons. The molecule has 1 unspecified atom stereocenters. The van der Waals surface area contributed by atoms with Gasteiger partial charge in [-0.3, -0.25) is 0 Å². The van der Waals surface area contributed by atoms with Gasteiger partial charge in [0, 0.05) is 16.8 Å². The minimum Gasteiger partial charge on any atom is -0.351 e. The van der Waals surface area contributed by atoms with Crippen LogP contribution in [0.1, 0.15) is 90.3 Å². The highest BCUT2D eigenvalue weighted by Gasteiger charge is 2.51. The normalized spacial score (nSPS) is 20.1. The summed E-state index contributed by atoms with van der Waals surface area (Å²) < 4.78 is 0. The molecule has 2 aromatic rings. The van der Waals surface area contributed by atoms with Crippen molar-refractivity contribution in [3.63, 3.8) is 0 Å². The van der Waals surface area contributed by atoms with Crippen molar-refractivity contribution in [1.29, 1.82) is 0 Å². The Morgan fingerprint density at radius 3 is 1.90 bits per heavy atom. The lowest BCUT2D eigenvalue weighted by molar-refractivity contribution is 0.348. The highest BCUT2D eigenvalue weighted by Crippen LogP contribution is 2.51. The average molecular weight is 388 g/mol. The topological polar surface area (TPSA) is 3.24 Å². The Balaban J connectivity index is 2.21. The van der Waals surface area contributed by atoms with Gasteiger partial charge in [0.2, 0.25) is 0 Å². The zero-order valence-corrected chi connectivity index (χ0v) is 19.5. The first-order chi connectivity index (χ1) is 13.5. The van der Waals surface area contributed by atoms with E-state index < -0.39 is 0 Å². The lowest BCUT2D eigenvalue weighted by Gasteiger charge is -2.41. The summed E-state index contributed by atoms with van der Waals surface area (Å²) in [6.45, 7) is 18.8. The summed E-state index contributed by atoms with van der Waals surface area (Å²) in [5, 5.41) is 0. The van der Waals surface area contributed by atoms with Gasteiger partial charge in [-0.1, -0.05) is 89.8 Å². The van der Waals surface area contributed by atoms with Crippen LogP contribution in [-0.4, -0.2) is 11.6 Å². The van der Waals surface area contributed by atoms with Gasteiger partial charge in [0.1, 0.15) is 0 Å². The molecule has 0 bridgehead atoms. The van der Waals surface area contributed by atoms with E-state index in [-0.39, 0.29) is 17.0 Å². The first kappa shape index (κ1) is 21.5. The molecule has 1 aliphatic rings. The fourth-order valence-corrected chi connectivity index (χ4v) is 5.15. The molecular formula is C28H37N. The SMILES string of the molecule is CC(C)c1cccc(C(C)C)c1N1C(C#Cc2ccccc2)C(C)(C)CC1(C)C. The van der Waals surface area contributed by atoms with E-state index in [4.69, 9.17) is 0 Å². The largest absolute Gasteiger partial charge is 0.351 e. The van der Waals surface area contributed by atoms with Gasteiger partial charge in [-0.2, -0.15) is 0 Å². The van der Waals surface area contributed by atoms with E-state index in [1.165, 1.54) is 16.8 Å². The van der Waals surface area contributed by atoms with E-state index in [1.807, 2.05) is 6.07 Å². The minimum atomic E-state index is 0.0498. The Hall–Kier alpha value is -2.20. The summed E-state index contributed by atoms with van der Waals surface area (Å²) in [5.41, 5.74) is 5.55. The first-order valence-corrected chi connectivity index (χ1v) is 11.0. The first-order valence-electron chi connectivity index (χ1n) is 11.0. The molecule has 1 fully saturated rings. The van der Waals surface area contributed by atoms with Crippen LogP contribution in [0.5, 0.6) is 0 Å². The van der Waals surface area contributed by atoms with Crippen molar-refractivity contribution in [3.05, 3.63) is 65.2 Å². The summed E-state index contributed by atoms with van der Waals surface area (Å²) in [6.07, 6.45) is 1.12. The molecule has 2 aromatic carbocycles. The molecule has 3 rings (SSSR count). The molecule has 0 N–H and O–H groups in total. The highest BCUT2D eigenvalue weighted by molar-refractivity contribution is 5.67. The van der Waals surface area contributed by atoms with Gasteiger partial charge in [-0.25, -0.2) is 0 Å². The Morgan fingerprint density at radius 2 is 1.38 bits per heavy atom. The van der Waals surface area contributed by atoms with Gasteiger partial charge in [-0.05, 0) is 60.8 Å². The number of anilines is 1.